The first-order valence-electron chi connectivity index (χ1n) is 2.47. The molecule has 1 aliphatic rings. The lowest BCUT2D eigenvalue weighted by molar-refractivity contribution is -0.147. The van der Waals surface area contributed by atoms with Crippen LogP contribution in [0.3, 0.4) is 0 Å². The monoisotopic (exact) mass is 151 g/mol. The molecule has 0 aromatic heterocycles. The topological polar surface area (TPSA) is 70.1 Å². The van der Waals surface area contributed by atoms with E-state index < -0.39 is 12.1 Å². The molecule has 0 saturated carbocycles. The average Bonchev–Trinajstić information content (AvgIpc) is 2.50. The summed E-state index contributed by atoms with van der Waals surface area (Å²) in [6.07, 6.45) is -1.05. The second-order valence-corrected chi connectivity index (χ2v) is 2.75. The van der Waals surface area contributed by atoms with Gasteiger partial charge in [0.05, 0.1) is 6.42 Å². The van der Waals surface area contributed by atoms with E-state index in [-0.39, 0.29) is 11.9 Å². The normalized spacial score (nSPS) is 27.4. The molecule has 2 atom stereocenters. The van der Waals surface area contributed by atoms with Crippen molar-refractivity contribution in [1.29, 1.82) is 0 Å². The van der Waals surface area contributed by atoms with Crippen molar-refractivity contribution in [2.75, 3.05) is 0 Å². The lowest BCUT2D eigenvalue weighted by atomic mass is 10.3. The molecule has 0 bridgehead atoms. The van der Waals surface area contributed by atoms with Crippen LogP contribution in [-0.2, 0) is 21.0 Å². The average molecular weight is 151 g/mol. The lowest BCUT2D eigenvalue weighted by Gasteiger charge is -1.95. The molecule has 0 spiro atoms. The first-order chi connectivity index (χ1) is 4.20. The van der Waals surface area contributed by atoms with Gasteiger partial charge in [-0.05, 0) is 0 Å². The highest BCUT2D eigenvalue weighted by molar-refractivity contribution is 7.79. The minimum absolute atomic E-state index is 0.0453. The fraction of sp³-hybridized carbons (Fsp3) is 0.750. The fourth-order valence-electron chi connectivity index (χ4n) is 0.421. The van der Waals surface area contributed by atoms with E-state index in [1.54, 1.807) is 0 Å². The highest BCUT2D eigenvalue weighted by Gasteiger charge is 2.41. The van der Waals surface area contributed by atoms with Gasteiger partial charge in [-0.25, -0.2) is 4.79 Å². The Hall–Kier alpha value is -0.260. The molecule has 1 fully saturated rings. The van der Waals surface area contributed by atoms with Crippen LogP contribution in [0.5, 0.6) is 0 Å². The molecule has 2 N–H and O–H groups in total. The van der Waals surface area contributed by atoms with Gasteiger partial charge in [0.15, 0.2) is 18.1 Å². The second-order valence-electron chi connectivity index (χ2n) is 1.76. The van der Waals surface area contributed by atoms with Gasteiger partial charge in [-0.15, -0.1) is 4.18 Å². The number of carboxylic acid groups (broad SMARTS) is 1. The summed E-state index contributed by atoms with van der Waals surface area (Å²) in [4.78, 5) is 9.95. The summed E-state index contributed by atoms with van der Waals surface area (Å²) >= 11 is 0.789. The fourth-order valence-corrected chi connectivity index (χ4v) is 0.879. The Kier molecular flexibility index (Phi) is 1.94. The summed E-state index contributed by atoms with van der Waals surface area (Å²) < 4.78 is 4.68. The third-order valence-corrected chi connectivity index (χ3v) is 1.68. The summed E-state index contributed by atoms with van der Waals surface area (Å²) in [5.74, 6) is -1.18. The van der Waals surface area contributed by atoms with Crippen molar-refractivity contribution in [3.8, 4) is 0 Å². The van der Waals surface area contributed by atoms with Crippen LogP contribution in [0.15, 0.2) is 0 Å². The number of rotatable bonds is 3. The number of thiol groups is 1. The minimum atomic E-state index is -1.26. The first-order valence-corrected chi connectivity index (χ1v) is 3.35. The van der Waals surface area contributed by atoms with Crippen LogP contribution >= 0.6 is 0 Å². The van der Waals surface area contributed by atoms with Crippen molar-refractivity contribution in [2.24, 2.45) is 0 Å². The molecule has 0 radical (unpaired) electrons. The molecule has 0 amide bonds. The Labute approximate surface area is 56.0 Å². The zero-order chi connectivity index (χ0) is 6.85. The highest BCUT2D eigenvalue weighted by atomic mass is 32.2. The Balaban J connectivity index is 2.16. The lowest BCUT2D eigenvalue weighted by Crippen LogP contribution is -2.20. The van der Waals surface area contributed by atoms with E-state index in [9.17, 15) is 4.79 Å². The number of hydrogen-bond donors (Lipinski definition) is 2. The maximum atomic E-state index is 9.95. The van der Waals surface area contributed by atoms with E-state index >= 15 is 0 Å². The highest BCUT2D eigenvalue weighted by Crippen LogP contribution is 2.19. The Morgan fingerprint density at radius 2 is 2.44 bits per heavy atom. The van der Waals surface area contributed by atoms with Gasteiger partial charge in [-0.3, -0.25) is 0 Å². The largest absolute Gasteiger partial charge is 0.479 e. The smallest absolute Gasteiger partial charge is 0.332 e. The maximum absolute atomic E-state index is 9.95. The molecule has 1 saturated heterocycles. The molecule has 1 aliphatic heterocycles. The van der Waals surface area contributed by atoms with Crippen LogP contribution < -0.4 is 0 Å². The van der Waals surface area contributed by atoms with Gasteiger partial charge in [-0.1, -0.05) is 0 Å². The van der Waals surface area contributed by atoms with E-state index in [2.05, 4.69) is 4.18 Å². The molecule has 5 heteroatoms. The Morgan fingerprint density at radius 3 is 2.78 bits per heavy atom. The van der Waals surface area contributed by atoms with Gasteiger partial charge in [0.1, 0.15) is 0 Å². The van der Waals surface area contributed by atoms with Crippen LogP contribution in [0, 0.1) is 0 Å². The standard InChI is InChI=1S/C4H6O4S/c5-2(4(6)7)1-3-8-9-3/h2-3,5H,1H2,(H,6,7)/p+1/t2-,3-/m1/s1. The quantitative estimate of drug-likeness (QED) is 0.305. The van der Waals surface area contributed by atoms with Crippen molar-refractivity contribution in [3.05, 3.63) is 0 Å². The van der Waals surface area contributed by atoms with E-state index in [0.717, 1.165) is 12.0 Å². The predicted molar refractivity (Wildman–Crippen MR) is 31.9 cm³/mol. The van der Waals surface area contributed by atoms with Crippen molar-refractivity contribution >= 4 is 18.0 Å². The molecule has 0 unspecified atom stereocenters. The number of aliphatic carboxylic acids is 1. The van der Waals surface area contributed by atoms with Crippen molar-refractivity contribution in [1.82, 2.24) is 0 Å². The zero-order valence-electron chi connectivity index (χ0n) is 4.52. The van der Waals surface area contributed by atoms with Gasteiger partial charge in [0, 0.05) is 0 Å². The van der Waals surface area contributed by atoms with Gasteiger partial charge >= 0.3 is 5.97 Å². The zero-order valence-corrected chi connectivity index (χ0v) is 5.41. The van der Waals surface area contributed by atoms with E-state index in [1.165, 1.54) is 0 Å². The third kappa shape index (κ3) is 2.21. The molecule has 1 heterocycles. The van der Waals surface area contributed by atoms with Crippen LogP contribution in [0.25, 0.3) is 0 Å². The number of carbonyl (C=O) groups is 1. The second kappa shape index (κ2) is 2.55. The summed E-state index contributed by atoms with van der Waals surface area (Å²) in [6, 6.07) is 0. The van der Waals surface area contributed by atoms with E-state index in [0.29, 0.717) is 0 Å². The van der Waals surface area contributed by atoms with Crippen LogP contribution in [0.1, 0.15) is 6.42 Å². The van der Waals surface area contributed by atoms with Crippen molar-refractivity contribution in [3.63, 3.8) is 0 Å². The van der Waals surface area contributed by atoms with Gasteiger partial charge < -0.3 is 10.2 Å². The van der Waals surface area contributed by atoms with Crippen LogP contribution in [0.2, 0.25) is 0 Å². The van der Waals surface area contributed by atoms with Gasteiger partial charge in [0.2, 0.25) is 0 Å². The molecular formula is C4H7O4S+. The summed E-state index contributed by atoms with van der Waals surface area (Å²) in [5, 5.41) is 16.8. The molecular weight excluding hydrogens is 144 g/mol. The SMILES string of the molecule is O=C(O)[C@H](O)C[C@@H]1O[SH+]1. The molecule has 0 aliphatic carbocycles. The Morgan fingerprint density at radius 1 is 1.89 bits per heavy atom. The van der Waals surface area contributed by atoms with Gasteiger partial charge in [-0.2, -0.15) is 0 Å². The molecule has 9 heavy (non-hydrogen) atoms. The van der Waals surface area contributed by atoms with Crippen LogP contribution in [0.4, 0.5) is 0 Å². The summed E-state index contributed by atoms with van der Waals surface area (Å²) in [5.41, 5.74) is -0.0453. The first kappa shape index (κ1) is 6.85. The molecule has 0 aromatic rings. The number of aliphatic hydroxyl groups excluding tert-OH is 1. The summed E-state index contributed by atoms with van der Waals surface area (Å²) in [6.45, 7) is 0. The summed E-state index contributed by atoms with van der Waals surface area (Å²) in [7, 11) is 0. The number of hydrogen-bond acceptors (Lipinski definition) is 3. The van der Waals surface area contributed by atoms with Crippen molar-refractivity contribution in [2.45, 2.75) is 18.0 Å². The van der Waals surface area contributed by atoms with Gasteiger partial charge in [0.25, 0.3) is 5.44 Å². The minimum Gasteiger partial charge on any atom is -0.479 e. The number of carboxylic acids is 1. The van der Waals surface area contributed by atoms with E-state index in [1.807, 2.05) is 0 Å². The maximum Gasteiger partial charge on any atom is 0.332 e. The van der Waals surface area contributed by atoms with E-state index in [4.69, 9.17) is 10.2 Å². The molecule has 1 rings (SSSR count). The van der Waals surface area contributed by atoms with Crippen molar-refractivity contribution < 1.29 is 19.2 Å². The molecule has 52 valence electrons. The van der Waals surface area contributed by atoms with Crippen LogP contribution in [-0.4, -0.2) is 27.7 Å². The third-order valence-electron chi connectivity index (χ3n) is 0.964. The molecule has 0 aromatic carbocycles. The predicted octanol–water partition coefficient (Wildman–Crippen LogP) is -1.09. The Bertz CT molecular complexity index is 122. The number of aliphatic hydroxyl groups is 1. The molecule has 4 nitrogen and oxygen atoms in total.